The third kappa shape index (κ3) is 7.00. The number of benzene rings is 4. The molecule has 2 fully saturated rings. The van der Waals surface area contributed by atoms with Crippen molar-refractivity contribution in [1.29, 1.82) is 5.26 Å². The second-order valence-electron chi connectivity index (χ2n) is 13.9. The molecular weight excluding hydrogens is 710 g/mol. The number of alkyl halides is 2. The van der Waals surface area contributed by atoms with E-state index in [1.54, 1.807) is 17.0 Å². The van der Waals surface area contributed by atoms with Gasteiger partial charge in [0.2, 0.25) is 17.7 Å². The maximum Gasteiger partial charge on any atom is 0.387 e. The van der Waals surface area contributed by atoms with Crippen LogP contribution >= 0.6 is 0 Å². The lowest BCUT2D eigenvalue weighted by Crippen LogP contribution is -2.47. The number of nitrogens with one attached hydrogen (secondary N) is 1. The Morgan fingerprint density at radius 3 is 2.35 bits per heavy atom. The van der Waals surface area contributed by atoms with E-state index in [1.165, 1.54) is 6.07 Å². The van der Waals surface area contributed by atoms with Crippen molar-refractivity contribution in [2.45, 2.75) is 52.4 Å². The van der Waals surface area contributed by atoms with E-state index in [4.69, 9.17) is 23.5 Å². The fraction of sp³-hybridized carbons (Fsp3) is 0.293. The molecule has 0 spiro atoms. The lowest BCUT2D eigenvalue weighted by atomic mass is 9.91. The summed E-state index contributed by atoms with van der Waals surface area (Å²) in [6, 6.07) is 19.8. The first-order chi connectivity index (χ1) is 26.6. The summed E-state index contributed by atoms with van der Waals surface area (Å²) < 4.78 is 44.3. The van der Waals surface area contributed by atoms with Crippen molar-refractivity contribution >= 4 is 34.1 Å². The van der Waals surface area contributed by atoms with Crippen LogP contribution in [0.4, 0.5) is 8.78 Å². The first-order valence-electron chi connectivity index (χ1n) is 17.9. The molecule has 2 N–H and O–H groups in total. The highest BCUT2D eigenvalue weighted by Crippen LogP contribution is 2.39. The predicted octanol–water partition coefficient (Wildman–Crippen LogP) is 7.04. The highest BCUT2D eigenvalue weighted by molar-refractivity contribution is 5.86. The van der Waals surface area contributed by atoms with Crippen LogP contribution in [-0.4, -0.2) is 75.6 Å². The molecule has 0 unspecified atom stereocenters. The number of hydrogen-bond acceptors (Lipinski definition) is 10. The van der Waals surface area contributed by atoms with Gasteiger partial charge in [0.05, 0.1) is 12.1 Å². The molecule has 2 aliphatic rings. The van der Waals surface area contributed by atoms with Crippen molar-refractivity contribution in [2.75, 3.05) is 26.2 Å². The van der Waals surface area contributed by atoms with Crippen LogP contribution in [0.5, 0.6) is 5.75 Å². The maximum absolute atomic E-state index is 13.5. The Morgan fingerprint density at radius 2 is 1.67 bits per heavy atom. The average molecular weight is 747 g/mol. The van der Waals surface area contributed by atoms with Crippen molar-refractivity contribution in [1.82, 2.24) is 25.1 Å². The van der Waals surface area contributed by atoms with Gasteiger partial charge in [-0.25, -0.2) is 9.97 Å². The molecule has 0 aliphatic carbocycles. The fourth-order valence-electron chi connectivity index (χ4n) is 7.74. The third-order valence-electron chi connectivity index (χ3n) is 10.4. The number of fused-ring (bicyclic) bond motifs is 2. The van der Waals surface area contributed by atoms with Crippen molar-refractivity contribution < 1.29 is 37.0 Å². The van der Waals surface area contributed by atoms with Gasteiger partial charge < -0.3 is 24.0 Å². The van der Waals surface area contributed by atoms with Gasteiger partial charge in [0.15, 0.2) is 11.2 Å². The van der Waals surface area contributed by atoms with Crippen molar-refractivity contribution in [3.63, 3.8) is 0 Å². The van der Waals surface area contributed by atoms with Crippen molar-refractivity contribution in [3.8, 4) is 45.9 Å². The number of nitriles is 1. The van der Waals surface area contributed by atoms with Gasteiger partial charge in [-0.1, -0.05) is 24.3 Å². The standard InChI is InChI=1S/C41H36F2N6O6/c1-22-27(6-3-8-29(22)38-46-31-16-26(20-49-12-5-10-33(49)40(51)52)34(54-41(42)43)17-35(31)53-38)28-7-4-9-30(23(28)2)39-47-32-15-24(14-25(18-44)37(32)55-39)19-48-13-11-45-36(50)21-48/h3-4,6-9,14-17,33,41H,5,10-13,19-21H2,1-2H3,(H,45,50)(H,51,52)/t33-/m0/s1. The number of carbonyl (C=O) groups excluding carboxylic acids is 1. The number of halogens is 2. The van der Waals surface area contributed by atoms with Crippen LogP contribution in [0.25, 0.3) is 56.2 Å². The van der Waals surface area contributed by atoms with E-state index in [0.29, 0.717) is 78.2 Å². The number of oxazole rings is 2. The van der Waals surface area contributed by atoms with Crippen LogP contribution in [-0.2, 0) is 22.7 Å². The molecule has 0 radical (unpaired) electrons. The summed E-state index contributed by atoms with van der Waals surface area (Å²) in [5, 5.41) is 22.5. The topological polar surface area (TPSA) is 158 Å². The van der Waals surface area contributed by atoms with Crippen molar-refractivity contribution in [2.24, 2.45) is 0 Å². The Bertz CT molecular complexity index is 2520. The summed E-state index contributed by atoms with van der Waals surface area (Å²) in [5.41, 5.74) is 8.26. The normalized spacial score (nSPS) is 16.6. The van der Waals surface area contributed by atoms with Gasteiger partial charge in [-0.2, -0.15) is 14.0 Å². The monoisotopic (exact) mass is 746 g/mol. The lowest BCUT2D eigenvalue weighted by molar-refractivity contribution is -0.142. The molecule has 12 nitrogen and oxygen atoms in total. The van der Waals surface area contributed by atoms with E-state index < -0.39 is 18.6 Å². The molecule has 4 heterocycles. The molecule has 1 atom stereocenters. The number of ether oxygens (including phenoxy) is 1. The number of aliphatic carboxylic acids is 1. The number of piperazine rings is 1. The van der Waals surface area contributed by atoms with E-state index >= 15 is 0 Å². The number of rotatable bonds is 10. The number of carbonyl (C=O) groups is 2. The molecule has 55 heavy (non-hydrogen) atoms. The molecule has 280 valence electrons. The first-order valence-corrected chi connectivity index (χ1v) is 17.9. The minimum atomic E-state index is -3.08. The number of likely N-dealkylation sites (tertiary alicyclic amines) is 1. The molecule has 4 aromatic carbocycles. The Hall–Kier alpha value is -6.17. The molecular formula is C41H36F2N6O6. The molecule has 2 saturated heterocycles. The first kappa shape index (κ1) is 35.8. The number of hydrogen-bond donors (Lipinski definition) is 2. The molecule has 0 saturated carbocycles. The third-order valence-corrected chi connectivity index (χ3v) is 10.4. The fourth-order valence-corrected chi connectivity index (χ4v) is 7.74. The van der Waals surface area contributed by atoms with Gasteiger partial charge in [-0.05, 0) is 91.4 Å². The van der Waals surface area contributed by atoms with Gasteiger partial charge >= 0.3 is 12.6 Å². The average Bonchev–Trinajstić information content (AvgIpc) is 3.90. The van der Waals surface area contributed by atoms with Gasteiger partial charge in [0, 0.05) is 48.9 Å². The van der Waals surface area contributed by atoms with Gasteiger partial charge in [-0.15, -0.1) is 0 Å². The number of amides is 1. The molecule has 0 bridgehead atoms. The molecule has 1 amide bonds. The number of nitrogens with zero attached hydrogens (tertiary/aromatic N) is 5. The zero-order valence-corrected chi connectivity index (χ0v) is 30.1. The second kappa shape index (κ2) is 14.6. The van der Waals surface area contributed by atoms with Crippen LogP contribution in [0.3, 0.4) is 0 Å². The minimum Gasteiger partial charge on any atom is -0.480 e. The van der Waals surface area contributed by atoms with Crippen LogP contribution in [0, 0.1) is 25.2 Å². The predicted molar refractivity (Wildman–Crippen MR) is 198 cm³/mol. The van der Waals surface area contributed by atoms with Crippen LogP contribution in [0.1, 0.15) is 40.7 Å². The van der Waals surface area contributed by atoms with Crippen LogP contribution in [0.15, 0.2) is 69.5 Å². The van der Waals surface area contributed by atoms with Crippen molar-refractivity contribution in [3.05, 3.63) is 88.5 Å². The quantitative estimate of drug-likeness (QED) is 0.148. The molecule has 2 aliphatic heterocycles. The number of carboxylic acid groups (broad SMARTS) is 1. The zero-order valence-electron chi connectivity index (χ0n) is 30.1. The summed E-state index contributed by atoms with van der Waals surface area (Å²) in [7, 11) is 0. The van der Waals surface area contributed by atoms with E-state index in [2.05, 4.69) is 11.4 Å². The van der Waals surface area contributed by atoms with Gasteiger partial charge in [0.1, 0.15) is 28.9 Å². The Morgan fingerprint density at radius 1 is 0.982 bits per heavy atom. The zero-order chi connectivity index (χ0) is 38.4. The second-order valence-corrected chi connectivity index (χ2v) is 13.9. The Labute approximate surface area is 313 Å². The van der Waals surface area contributed by atoms with Crippen LogP contribution < -0.4 is 10.1 Å². The van der Waals surface area contributed by atoms with E-state index in [9.17, 15) is 28.7 Å². The molecule has 8 rings (SSSR count). The van der Waals surface area contributed by atoms with E-state index in [1.807, 2.05) is 61.2 Å². The highest BCUT2D eigenvalue weighted by Gasteiger charge is 2.31. The Balaban J connectivity index is 1.12. The smallest absolute Gasteiger partial charge is 0.387 e. The van der Waals surface area contributed by atoms with E-state index in [-0.39, 0.29) is 36.2 Å². The number of aromatic nitrogens is 2. The summed E-state index contributed by atoms with van der Waals surface area (Å²) in [6.45, 7) is 3.56. The summed E-state index contributed by atoms with van der Waals surface area (Å²) in [5.74, 6) is -0.412. The molecule has 6 aromatic rings. The van der Waals surface area contributed by atoms with Gasteiger partial charge in [-0.3, -0.25) is 19.4 Å². The van der Waals surface area contributed by atoms with Crippen LogP contribution in [0.2, 0.25) is 0 Å². The van der Waals surface area contributed by atoms with Gasteiger partial charge in [0.25, 0.3) is 0 Å². The highest BCUT2D eigenvalue weighted by atomic mass is 19.3. The largest absolute Gasteiger partial charge is 0.480 e. The van der Waals surface area contributed by atoms with E-state index in [0.717, 1.165) is 33.4 Å². The molecule has 14 heteroatoms. The summed E-state index contributed by atoms with van der Waals surface area (Å²) >= 11 is 0. The maximum atomic E-state index is 13.5. The lowest BCUT2D eigenvalue weighted by Gasteiger charge is -2.26. The number of carboxylic acids is 1. The Kier molecular flexibility index (Phi) is 9.50. The summed E-state index contributed by atoms with van der Waals surface area (Å²) in [4.78, 5) is 37.0. The summed E-state index contributed by atoms with van der Waals surface area (Å²) in [6.07, 6.45) is 1.17. The minimum absolute atomic E-state index is 0.0293. The SMILES string of the molecule is Cc1c(-c2nc3cc(CN4CCC[C@H]4C(=O)O)c(OC(F)F)cc3o2)cccc1-c1cccc(-c2nc3cc(CN4CCNC(=O)C4)cc(C#N)c3o2)c1C. The molecule has 2 aromatic heterocycles.